The van der Waals surface area contributed by atoms with Gasteiger partial charge in [0.2, 0.25) is 0 Å². The summed E-state index contributed by atoms with van der Waals surface area (Å²) in [6.45, 7) is 1.73. The van der Waals surface area contributed by atoms with Crippen molar-refractivity contribution in [1.82, 2.24) is 4.47 Å². The van der Waals surface area contributed by atoms with E-state index in [1.54, 1.807) is 13.0 Å². The number of hydrogen-bond donors (Lipinski definition) is 0. The monoisotopic (exact) mass is 287 g/mol. The average molecular weight is 287 g/mol. The summed E-state index contributed by atoms with van der Waals surface area (Å²) in [4.78, 5) is 16.0. The molecule has 0 aliphatic heterocycles. The van der Waals surface area contributed by atoms with E-state index in [4.69, 9.17) is 9.25 Å². The fourth-order valence-corrected chi connectivity index (χ4v) is 1.73. The Morgan fingerprint density at radius 2 is 2.00 bits per heavy atom. The highest BCUT2D eigenvalue weighted by atomic mass is 32.3. The number of aryl methyl sites for hydroxylation is 1. The van der Waals surface area contributed by atoms with Gasteiger partial charge in [-0.3, -0.25) is 0 Å². The molecule has 0 N–H and O–H groups in total. The van der Waals surface area contributed by atoms with Crippen LogP contribution in [0.3, 0.4) is 0 Å². The smallest absolute Gasteiger partial charge is 0.406 e. The average Bonchev–Trinajstić information content (AvgIpc) is 2.26. The zero-order chi connectivity index (χ0) is 14.2. The molecule has 0 atom stereocenters. The molecule has 2 rings (SSSR count). The van der Waals surface area contributed by atoms with Crippen molar-refractivity contribution in [1.29, 1.82) is 0 Å². The predicted octanol–water partition coefficient (Wildman–Crippen LogP) is 1.54. The molecule has 0 aliphatic rings. The highest BCUT2D eigenvalue weighted by molar-refractivity contribution is 7.83. The van der Waals surface area contributed by atoms with Gasteiger partial charge in [-0.2, -0.15) is 8.42 Å². The summed E-state index contributed by atoms with van der Waals surface area (Å²) in [6, 6.07) is 5.67. The molecule has 1 heterocycles. The number of fused-ring (bicyclic) bond motifs is 1. The Bertz CT molecular complexity index is 783. The minimum atomic E-state index is -4.95. The summed E-state index contributed by atoms with van der Waals surface area (Å²) in [7, 11) is -4.04. The number of hydrogen-bond acceptors (Lipinski definition) is 5. The van der Waals surface area contributed by atoms with Crippen LogP contribution >= 0.6 is 0 Å². The van der Waals surface area contributed by atoms with Crippen molar-refractivity contribution in [2.45, 2.75) is 6.92 Å². The second-order valence-electron chi connectivity index (χ2n) is 3.85. The number of halogens is 1. The lowest BCUT2D eigenvalue weighted by atomic mass is 10.1. The molecule has 8 heteroatoms. The number of nitrogens with zero attached hydrogens (tertiary/aromatic N) is 1. The number of rotatable bonds is 3. The van der Waals surface area contributed by atoms with Gasteiger partial charge < -0.3 is 9.25 Å². The SMILES string of the molecule is Cc1cc(=O)oc2cc(ON(C)S(=O)(=O)F)ccc12. The largest absolute Gasteiger partial charge is 0.423 e. The van der Waals surface area contributed by atoms with Crippen LogP contribution in [-0.2, 0) is 10.4 Å². The first-order chi connectivity index (χ1) is 8.77. The molecule has 0 amide bonds. The molecule has 0 unspecified atom stereocenters. The quantitative estimate of drug-likeness (QED) is 0.486. The summed E-state index contributed by atoms with van der Waals surface area (Å²) in [5.74, 6) is 0.0324. The van der Waals surface area contributed by atoms with Crippen LogP contribution < -0.4 is 10.5 Å². The predicted molar refractivity (Wildman–Crippen MR) is 65.6 cm³/mol. The molecule has 19 heavy (non-hydrogen) atoms. The maximum Gasteiger partial charge on any atom is 0.406 e. The molecule has 2 aromatic rings. The third kappa shape index (κ3) is 2.91. The Kier molecular flexibility index (Phi) is 3.29. The Morgan fingerprint density at radius 1 is 1.32 bits per heavy atom. The van der Waals surface area contributed by atoms with Crippen molar-refractivity contribution in [2.75, 3.05) is 7.05 Å². The minimum Gasteiger partial charge on any atom is -0.423 e. The van der Waals surface area contributed by atoms with Gasteiger partial charge in [0.15, 0.2) is 5.75 Å². The zero-order valence-corrected chi connectivity index (χ0v) is 10.9. The topological polar surface area (TPSA) is 76.8 Å². The fraction of sp³-hybridized carbons (Fsp3) is 0.182. The Hall–Kier alpha value is -1.93. The molecule has 0 fully saturated rings. The van der Waals surface area contributed by atoms with Gasteiger partial charge in [-0.25, -0.2) is 4.79 Å². The first-order valence-electron chi connectivity index (χ1n) is 5.18. The standard InChI is InChI=1S/C11H10FNO5S/c1-7-5-11(14)17-10-6-8(3-4-9(7)10)18-13(2)19(12,15)16/h3-6H,1-2H3. The van der Waals surface area contributed by atoms with Crippen LogP contribution in [-0.4, -0.2) is 19.9 Å². The molecule has 102 valence electrons. The van der Waals surface area contributed by atoms with Gasteiger partial charge in [0, 0.05) is 24.6 Å². The van der Waals surface area contributed by atoms with Crippen molar-refractivity contribution < 1.29 is 21.6 Å². The normalized spacial score (nSPS) is 12.0. The van der Waals surface area contributed by atoms with Gasteiger partial charge in [0.1, 0.15) is 5.58 Å². The second-order valence-corrected chi connectivity index (χ2v) is 5.19. The highest BCUT2D eigenvalue weighted by Gasteiger charge is 2.18. The van der Waals surface area contributed by atoms with Crippen LogP contribution in [0.1, 0.15) is 5.56 Å². The summed E-state index contributed by atoms with van der Waals surface area (Å²) in [5, 5.41) is 0.678. The van der Waals surface area contributed by atoms with Crippen LogP contribution in [0.5, 0.6) is 5.75 Å². The fourth-order valence-electron chi connectivity index (χ4n) is 1.55. The van der Waals surface area contributed by atoms with E-state index in [0.29, 0.717) is 10.9 Å². The van der Waals surface area contributed by atoms with Gasteiger partial charge in [0.05, 0.1) is 0 Å². The van der Waals surface area contributed by atoms with Crippen molar-refractivity contribution in [3.05, 3.63) is 40.2 Å². The van der Waals surface area contributed by atoms with E-state index in [0.717, 1.165) is 7.05 Å². The summed E-state index contributed by atoms with van der Waals surface area (Å²) < 4.78 is 38.8. The van der Waals surface area contributed by atoms with Crippen molar-refractivity contribution in [3.63, 3.8) is 0 Å². The third-order valence-electron chi connectivity index (χ3n) is 2.46. The Balaban J connectivity index is 2.45. The minimum absolute atomic E-state index is 0.0324. The number of hydroxylamine groups is 1. The maximum atomic E-state index is 12.6. The van der Waals surface area contributed by atoms with E-state index in [1.165, 1.54) is 18.2 Å². The van der Waals surface area contributed by atoms with E-state index in [1.807, 2.05) is 0 Å². The van der Waals surface area contributed by atoms with Crippen LogP contribution in [0.2, 0.25) is 0 Å². The molecule has 1 aromatic heterocycles. The van der Waals surface area contributed by atoms with Crippen LogP contribution in [0.25, 0.3) is 11.0 Å². The summed E-state index contributed by atoms with van der Waals surface area (Å²) >= 11 is 0. The third-order valence-corrected chi connectivity index (χ3v) is 3.15. The molecule has 6 nitrogen and oxygen atoms in total. The Labute approximate surface area is 108 Å². The van der Waals surface area contributed by atoms with Crippen LogP contribution in [0, 0.1) is 6.92 Å². The van der Waals surface area contributed by atoms with Crippen molar-refractivity contribution >= 4 is 21.4 Å². The Morgan fingerprint density at radius 3 is 2.63 bits per heavy atom. The van der Waals surface area contributed by atoms with Gasteiger partial charge in [-0.05, 0) is 29.1 Å². The highest BCUT2D eigenvalue weighted by Crippen LogP contribution is 2.23. The molecular weight excluding hydrogens is 277 g/mol. The molecule has 0 saturated carbocycles. The van der Waals surface area contributed by atoms with E-state index in [-0.39, 0.29) is 15.8 Å². The lowest BCUT2D eigenvalue weighted by Gasteiger charge is -2.12. The first-order valence-corrected chi connectivity index (χ1v) is 6.52. The molecular formula is C11H10FNO5S. The van der Waals surface area contributed by atoms with Crippen molar-refractivity contribution in [3.8, 4) is 5.75 Å². The van der Waals surface area contributed by atoms with E-state index < -0.39 is 16.0 Å². The molecule has 0 saturated heterocycles. The first kappa shape index (κ1) is 13.5. The van der Waals surface area contributed by atoms with E-state index in [2.05, 4.69) is 0 Å². The lowest BCUT2D eigenvalue weighted by Crippen LogP contribution is -2.26. The van der Waals surface area contributed by atoms with E-state index in [9.17, 15) is 17.1 Å². The molecule has 0 radical (unpaired) electrons. The molecule has 1 aromatic carbocycles. The molecule has 0 bridgehead atoms. The van der Waals surface area contributed by atoms with Gasteiger partial charge >= 0.3 is 16.0 Å². The van der Waals surface area contributed by atoms with Gasteiger partial charge in [-0.1, -0.05) is 3.89 Å². The van der Waals surface area contributed by atoms with E-state index >= 15 is 0 Å². The lowest BCUT2D eigenvalue weighted by molar-refractivity contribution is 0.0582. The van der Waals surface area contributed by atoms with Crippen LogP contribution in [0.15, 0.2) is 33.5 Å². The molecule has 0 spiro atoms. The number of benzene rings is 1. The van der Waals surface area contributed by atoms with Gasteiger partial charge in [0.25, 0.3) is 0 Å². The van der Waals surface area contributed by atoms with Gasteiger partial charge in [-0.15, -0.1) is 0 Å². The maximum absolute atomic E-state index is 12.6. The summed E-state index contributed by atoms with van der Waals surface area (Å²) in [5.41, 5.74) is 0.407. The van der Waals surface area contributed by atoms with Crippen molar-refractivity contribution in [2.24, 2.45) is 0 Å². The van der Waals surface area contributed by atoms with Crippen LogP contribution in [0.4, 0.5) is 3.89 Å². The molecule has 0 aliphatic carbocycles. The second kappa shape index (κ2) is 4.63. The summed E-state index contributed by atoms with van der Waals surface area (Å²) in [6.07, 6.45) is 0. The zero-order valence-electron chi connectivity index (χ0n) is 10.1.